The molecule has 1 saturated carbocycles. The van der Waals surface area contributed by atoms with E-state index in [2.05, 4.69) is 27.7 Å². The summed E-state index contributed by atoms with van der Waals surface area (Å²) < 4.78 is 30.7. The highest BCUT2D eigenvalue weighted by Gasteiger charge is 2.49. The van der Waals surface area contributed by atoms with Gasteiger partial charge in [0, 0.05) is 10.5 Å². The molecule has 1 heterocycles. The molecule has 0 aromatic heterocycles. The monoisotopic (exact) mass is 474 g/mol. The molecule has 172 valence electrons. The van der Waals surface area contributed by atoms with Crippen molar-refractivity contribution < 1.29 is 23.2 Å². The first-order valence-electron chi connectivity index (χ1n) is 10.9. The molecule has 1 atom stereocenters. The molecular weight excluding hydrogens is 443 g/mol. The molecule has 0 radical (unpaired) electrons. The van der Waals surface area contributed by atoms with E-state index < -0.39 is 13.9 Å². The van der Waals surface area contributed by atoms with Gasteiger partial charge in [-0.1, -0.05) is 70.1 Å². The SMILES string of the molecule is COc1cccc2c1Sc1ccccc1C=C2OP(=O)(O)OC1C(C)(C)CCCC1(C)C. The third-order valence-electron chi connectivity index (χ3n) is 6.40. The highest BCUT2D eigenvalue weighted by Crippen LogP contribution is 2.58. The smallest absolute Gasteiger partial charge is 0.496 e. The van der Waals surface area contributed by atoms with Crippen LogP contribution in [0.15, 0.2) is 52.3 Å². The van der Waals surface area contributed by atoms with E-state index in [4.69, 9.17) is 13.8 Å². The minimum absolute atomic E-state index is 0.231. The topological polar surface area (TPSA) is 65.0 Å². The number of phosphoric ester groups is 1. The number of rotatable bonds is 5. The van der Waals surface area contributed by atoms with Gasteiger partial charge < -0.3 is 9.26 Å². The van der Waals surface area contributed by atoms with Crippen molar-refractivity contribution in [1.29, 1.82) is 0 Å². The zero-order valence-electron chi connectivity index (χ0n) is 19.3. The van der Waals surface area contributed by atoms with Crippen LogP contribution in [0.3, 0.4) is 0 Å². The fraction of sp³-hybridized carbons (Fsp3) is 0.440. The molecule has 5 nitrogen and oxygen atoms in total. The summed E-state index contributed by atoms with van der Waals surface area (Å²) in [5.41, 5.74) is 1.14. The number of benzene rings is 2. The van der Waals surface area contributed by atoms with Gasteiger partial charge in [0.25, 0.3) is 0 Å². The molecule has 0 amide bonds. The summed E-state index contributed by atoms with van der Waals surface area (Å²) in [6.07, 6.45) is 4.35. The maximum atomic E-state index is 13.3. The highest BCUT2D eigenvalue weighted by atomic mass is 32.2. The molecule has 2 aromatic carbocycles. The van der Waals surface area contributed by atoms with E-state index in [0.717, 1.165) is 34.6 Å². The van der Waals surface area contributed by atoms with E-state index in [0.29, 0.717) is 17.1 Å². The Kier molecular flexibility index (Phi) is 6.28. The van der Waals surface area contributed by atoms with Gasteiger partial charge >= 0.3 is 7.82 Å². The summed E-state index contributed by atoms with van der Waals surface area (Å²) in [4.78, 5) is 12.8. The van der Waals surface area contributed by atoms with Crippen LogP contribution in [0.4, 0.5) is 0 Å². The van der Waals surface area contributed by atoms with Gasteiger partial charge in [-0.05, 0) is 53.5 Å². The van der Waals surface area contributed by atoms with Crippen LogP contribution >= 0.6 is 19.6 Å². The van der Waals surface area contributed by atoms with Crippen molar-refractivity contribution in [2.24, 2.45) is 10.8 Å². The zero-order chi connectivity index (χ0) is 23.1. The Hall–Kier alpha value is -1.72. The largest absolute Gasteiger partial charge is 0.527 e. The van der Waals surface area contributed by atoms with Crippen molar-refractivity contribution >= 4 is 31.4 Å². The Morgan fingerprint density at radius 3 is 2.41 bits per heavy atom. The molecule has 0 saturated heterocycles. The zero-order valence-corrected chi connectivity index (χ0v) is 21.0. The van der Waals surface area contributed by atoms with Crippen LogP contribution in [-0.2, 0) is 13.6 Å². The molecule has 0 bridgehead atoms. The third-order valence-corrected chi connectivity index (χ3v) is 8.52. The Labute approximate surface area is 194 Å². The maximum absolute atomic E-state index is 13.3. The minimum Gasteiger partial charge on any atom is -0.496 e. The number of hydrogen-bond acceptors (Lipinski definition) is 5. The van der Waals surface area contributed by atoms with Crippen LogP contribution in [0, 0.1) is 10.8 Å². The predicted molar refractivity (Wildman–Crippen MR) is 129 cm³/mol. The molecule has 1 fully saturated rings. The molecule has 7 heteroatoms. The fourth-order valence-corrected chi connectivity index (χ4v) is 7.38. The molecule has 2 aromatic rings. The molecule has 1 N–H and O–H groups in total. The van der Waals surface area contributed by atoms with Crippen molar-refractivity contribution in [3.05, 3.63) is 53.6 Å². The van der Waals surface area contributed by atoms with Gasteiger partial charge in [0.2, 0.25) is 0 Å². The quantitative estimate of drug-likeness (QED) is 0.456. The Bertz CT molecular complexity index is 1080. The lowest BCUT2D eigenvalue weighted by Crippen LogP contribution is -2.46. The van der Waals surface area contributed by atoms with Gasteiger partial charge in [0.15, 0.2) is 0 Å². The minimum atomic E-state index is -4.42. The van der Waals surface area contributed by atoms with Crippen molar-refractivity contribution in [1.82, 2.24) is 0 Å². The first-order valence-corrected chi connectivity index (χ1v) is 13.2. The summed E-state index contributed by atoms with van der Waals surface area (Å²) in [6, 6.07) is 13.5. The van der Waals surface area contributed by atoms with Crippen LogP contribution in [-0.4, -0.2) is 18.1 Å². The lowest BCUT2D eigenvalue weighted by molar-refractivity contribution is -0.0703. The van der Waals surface area contributed by atoms with Crippen LogP contribution in [0.2, 0.25) is 0 Å². The van der Waals surface area contributed by atoms with Crippen molar-refractivity contribution in [3.8, 4) is 5.75 Å². The van der Waals surface area contributed by atoms with Crippen LogP contribution < -0.4 is 4.74 Å². The van der Waals surface area contributed by atoms with Crippen molar-refractivity contribution in [3.63, 3.8) is 0 Å². The number of methoxy groups -OCH3 is 1. The lowest BCUT2D eigenvalue weighted by atomic mass is 9.63. The molecule has 1 aliphatic heterocycles. The molecule has 2 aliphatic rings. The second kappa shape index (κ2) is 8.57. The second-order valence-electron chi connectivity index (χ2n) is 9.86. The van der Waals surface area contributed by atoms with E-state index >= 15 is 0 Å². The Morgan fingerprint density at radius 2 is 1.72 bits per heavy atom. The number of ether oxygens (including phenoxy) is 1. The molecule has 32 heavy (non-hydrogen) atoms. The molecule has 1 unspecified atom stereocenters. The van der Waals surface area contributed by atoms with Crippen molar-refractivity contribution in [2.75, 3.05) is 7.11 Å². The molecule has 0 spiro atoms. The Morgan fingerprint density at radius 1 is 1.03 bits per heavy atom. The first-order chi connectivity index (χ1) is 15.0. The number of phosphoric acid groups is 1. The summed E-state index contributed by atoms with van der Waals surface area (Å²) in [5, 5.41) is 0. The predicted octanol–water partition coefficient (Wildman–Crippen LogP) is 7.40. The molecule has 4 rings (SSSR count). The van der Waals surface area contributed by atoms with E-state index in [9.17, 15) is 9.46 Å². The fourth-order valence-electron chi connectivity index (χ4n) is 4.96. The van der Waals surface area contributed by atoms with Gasteiger partial charge in [0.1, 0.15) is 11.5 Å². The summed E-state index contributed by atoms with van der Waals surface area (Å²) in [7, 11) is -2.80. The van der Waals surface area contributed by atoms with E-state index in [1.807, 2.05) is 42.5 Å². The average Bonchev–Trinajstić information content (AvgIpc) is 2.86. The molecular formula is C25H31O5PS. The summed E-state index contributed by atoms with van der Waals surface area (Å²) in [5.74, 6) is 0.982. The highest BCUT2D eigenvalue weighted by molar-refractivity contribution is 7.99. The van der Waals surface area contributed by atoms with Crippen LogP contribution in [0.1, 0.15) is 58.1 Å². The second-order valence-corrected chi connectivity index (χ2v) is 12.2. The van der Waals surface area contributed by atoms with Gasteiger partial charge in [-0.25, -0.2) is 4.57 Å². The lowest BCUT2D eigenvalue weighted by Gasteiger charge is -2.48. The maximum Gasteiger partial charge on any atom is 0.527 e. The van der Waals surface area contributed by atoms with E-state index in [1.54, 1.807) is 24.9 Å². The number of hydrogen-bond donors (Lipinski definition) is 1. The van der Waals surface area contributed by atoms with Gasteiger partial charge in [-0.3, -0.25) is 9.42 Å². The van der Waals surface area contributed by atoms with E-state index in [1.165, 1.54) is 0 Å². The summed E-state index contributed by atoms with van der Waals surface area (Å²) >= 11 is 1.55. The van der Waals surface area contributed by atoms with Gasteiger partial charge in [0.05, 0.1) is 18.1 Å². The van der Waals surface area contributed by atoms with E-state index in [-0.39, 0.29) is 10.8 Å². The van der Waals surface area contributed by atoms with Gasteiger partial charge in [-0.2, -0.15) is 0 Å². The number of fused-ring (bicyclic) bond motifs is 2. The standard InChI is InChI=1S/C25H31O5PS/c1-24(2)14-9-15-25(3,4)23(24)30-31(26,27)29-20-16-17-10-6-7-13-21(17)32-22-18(20)11-8-12-19(22)28-5/h6-8,10-13,16,23H,9,14-15H2,1-5H3,(H,26,27). The van der Waals surface area contributed by atoms with Crippen LogP contribution in [0.25, 0.3) is 11.8 Å². The first kappa shape index (κ1) is 23.4. The van der Waals surface area contributed by atoms with Gasteiger partial charge in [-0.15, -0.1) is 0 Å². The van der Waals surface area contributed by atoms with Crippen LogP contribution in [0.5, 0.6) is 5.75 Å². The third kappa shape index (κ3) is 4.65. The Balaban J connectivity index is 1.73. The normalized spacial score (nSPS) is 21.4. The molecule has 1 aliphatic carbocycles. The summed E-state index contributed by atoms with van der Waals surface area (Å²) in [6.45, 7) is 8.38. The average molecular weight is 475 g/mol. The van der Waals surface area contributed by atoms with Crippen molar-refractivity contribution in [2.45, 2.75) is 62.9 Å².